The maximum Gasteiger partial charge on any atom is 0.471 e. The van der Waals surface area contributed by atoms with Crippen LogP contribution in [0.2, 0.25) is 5.02 Å². The number of anilines is 1. The molecule has 8 heteroatoms. The van der Waals surface area contributed by atoms with E-state index in [1.54, 1.807) is 5.32 Å². The molecule has 0 atom stereocenters. The minimum atomic E-state index is -5.01. The number of amides is 1. The van der Waals surface area contributed by atoms with E-state index < -0.39 is 18.1 Å². The molecule has 0 aliphatic rings. The second-order valence-corrected chi connectivity index (χ2v) is 3.55. The molecule has 1 amide bonds. The number of rotatable bonds is 2. The van der Waals surface area contributed by atoms with Crippen molar-refractivity contribution in [2.45, 2.75) is 6.18 Å². The Morgan fingerprint density at radius 2 is 1.94 bits per heavy atom. The molecular formula is C10H7ClF3NO3. The average Bonchev–Trinajstić information content (AvgIpc) is 2.29. The second kappa shape index (κ2) is 5.26. The zero-order valence-electron chi connectivity index (χ0n) is 8.97. The summed E-state index contributed by atoms with van der Waals surface area (Å²) in [4.78, 5) is 21.9. The van der Waals surface area contributed by atoms with E-state index in [0.717, 1.165) is 19.2 Å². The van der Waals surface area contributed by atoms with Crippen LogP contribution in [0.25, 0.3) is 0 Å². The van der Waals surface area contributed by atoms with E-state index in [4.69, 9.17) is 11.6 Å². The van der Waals surface area contributed by atoms with Crippen molar-refractivity contribution in [1.29, 1.82) is 0 Å². The summed E-state index contributed by atoms with van der Waals surface area (Å²) in [6.07, 6.45) is -5.01. The minimum absolute atomic E-state index is 0.00635. The lowest BCUT2D eigenvalue weighted by Crippen LogP contribution is -2.30. The first-order chi connectivity index (χ1) is 8.25. The number of methoxy groups -OCH3 is 1. The van der Waals surface area contributed by atoms with Crippen molar-refractivity contribution >= 4 is 29.2 Å². The van der Waals surface area contributed by atoms with Crippen LogP contribution >= 0.6 is 11.6 Å². The Balaban J connectivity index is 2.99. The van der Waals surface area contributed by atoms with E-state index >= 15 is 0 Å². The number of carbonyl (C=O) groups excluding carboxylic acids is 2. The summed E-state index contributed by atoms with van der Waals surface area (Å²) in [5.41, 5.74) is -0.346. The van der Waals surface area contributed by atoms with E-state index in [1.807, 2.05) is 0 Å². The highest BCUT2D eigenvalue weighted by Crippen LogP contribution is 2.23. The average molecular weight is 282 g/mol. The first-order valence-electron chi connectivity index (χ1n) is 4.51. The molecule has 0 fully saturated rings. The molecule has 0 spiro atoms. The highest BCUT2D eigenvalue weighted by atomic mass is 35.5. The predicted octanol–water partition coefficient (Wildman–Crippen LogP) is 2.63. The number of ether oxygens (including phenoxy) is 1. The van der Waals surface area contributed by atoms with Crippen molar-refractivity contribution in [3.05, 3.63) is 28.8 Å². The van der Waals surface area contributed by atoms with Gasteiger partial charge in [0.15, 0.2) is 0 Å². The van der Waals surface area contributed by atoms with Crippen molar-refractivity contribution in [1.82, 2.24) is 0 Å². The Hall–Kier alpha value is -1.76. The fraction of sp³-hybridized carbons (Fsp3) is 0.200. The Kier molecular flexibility index (Phi) is 4.18. The number of halogens is 4. The van der Waals surface area contributed by atoms with E-state index in [2.05, 4.69) is 4.74 Å². The monoisotopic (exact) mass is 281 g/mol. The van der Waals surface area contributed by atoms with E-state index in [1.165, 1.54) is 6.07 Å². The van der Waals surface area contributed by atoms with Gasteiger partial charge in [-0.3, -0.25) is 4.79 Å². The lowest BCUT2D eigenvalue weighted by molar-refractivity contribution is -0.167. The summed E-state index contributed by atoms with van der Waals surface area (Å²) < 4.78 is 40.4. The minimum Gasteiger partial charge on any atom is -0.465 e. The largest absolute Gasteiger partial charge is 0.471 e. The second-order valence-electron chi connectivity index (χ2n) is 3.14. The molecule has 1 rings (SSSR count). The fourth-order valence-corrected chi connectivity index (χ4v) is 1.27. The number of esters is 1. The van der Waals surface area contributed by atoms with Crippen LogP contribution in [0.4, 0.5) is 18.9 Å². The topological polar surface area (TPSA) is 55.4 Å². The van der Waals surface area contributed by atoms with E-state index in [-0.39, 0.29) is 16.3 Å². The molecule has 0 heterocycles. The van der Waals surface area contributed by atoms with Crippen LogP contribution in [-0.4, -0.2) is 25.2 Å². The maximum atomic E-state index is 12.0. The zero-order chi connectivity index (χ0) is 13.9. The van der Waals surface area contributed by atoms with Gasteiger partial charge in [-0.05, 0) is 18.2 Å². The third kappa shape index (κ3) is 3.36. The molecule has 1 aromatic rings. The van der Waals surface area contributed by atoms with Gasteiger partial charge in [0.1, 0.15) is 0 Å². The number of nitrogens with one attached hydrogen (secondary N) is 1. The summed E-state index contributed by atoms with van der Waals surface area (Å²) in [6.45, 7) is 0. The van der Waals surface area contributed by atoms with E-state index in [9.17, 15) is 22.8 Å². The van der Waals surface area contributed by atoms with Gasteiger partial charge >= 0.3 is 18.1 Å². The lowest BCUT2D eigenvalue weighted by Gasteiger charge is -2.09. The van der Waals surface area contributed by atoms with Crippen LogP contribution in [0.3, 0.4) is 0 Å². The Bertz CT molecular complexity index is 488. The summed E-state index contributed by atoms with van der Waals surface area (Å²) >= 11 is 5.66. The zero-order valence-corrected chi connectivity index (χ0v) is 9.72. The molecule has 0 aromatic heterocycles. The predicted molar refractivity (Wildman–Crippen MR) is 57.5 cm³/mol. The fourth-order valence-electron chi connectivity index (χ4n) is 1.07. The Morgan fingerprint density at radius 1 is 1.33 bits per heavy atom. The smallest absolute Gasteiger partial charge is 0.465 e. The van der Waals surface area contributed by atoms with Crippen molar-refractivity contribution < 1.29 is 27.5 Å². The van der Waals surface area contributed by atoms with Gasteiger partial charge in [-0.15, -0.1) is 0 Å². The van der Waals surface area contributed by atoms with E-state index in [0.29, 0.717) is 0 Å². The van der Waals surface area contributed by atoms with Crippen molar-refractivity contribution in [3.8, 4) is 0 Å². The molecule has 98 valence electrons. The van der Waals surface area contributed by atoms with Crippen LogP contribution in [0.1, 0.15) is 10.4 Å². The van der Waals surface area contributed by atoms with Gasteiger partial charge in [-0.25, -0.2) is 4.79 Å². The highest BCUT2D eigenvalue weighted by Gasteiger charge is 2.38. The summed E-state index contributed by atoms with van der Waals surface area (Å²) in [6, 6.07) is 3.32. The van der Waals surface area contributed by atoms with Crippen LogP contribution < -0.4 is 5.32 Å². The lowest BCUT2D eigenvalue weighted by atomic mass is 10.2. The molecule has 0 unspecified atom stereocenters. The van der Waals surface area contributed by atoms with Gasteiger partial charge in [0, 0.05) is 5.69 Å². The van der Waals surface area contributed by atoms with Crippen molar-refractivity contribution in [2.75, 3.05) is 12.4 Å². The molecule has 4 nitrogen and oxygen atoms in total. The summed E-state index contributed by atoms with van der Waals surface area (Å²) in [5.74, 6) is -2.95. The molecule has 0 radical (unpaired) electrons. The van der Waals surface area contributed by atoms with Crippen LogP contribution in [0, 0.1) is 0 Å². The van der Waals surface area contributed by atoms with Crippen LogP contribution in [0.15, 0.2) is 18.2 Å². The van der Waals surface area contributed by atoms with Crippen LogP contribution in [0.5, 0.6) is 0 Å². The molecule has 1 aromatic carbocycles. The number of alkyl halides is 3. The molecule has 0 saturated heterocycles. The van der Waals surface area contributed by atoms with Crippen LogP contribution in [-0.2, 0) is 9.53 Å². The normalized spacial score (nSPS) is 10.9. The van der Waals surface area contributed by atoms with Gasteiger partial charge in [-0.1, -0.05) is 11.6 Å². The van der Waals surface area contributed by atoms with Gasteiger partial charge < -0.3 is 10.1 Å². The SMILES string of the molecule is COC(=O)c1cc(NC(=O)C(F)(F)F)ccc1Cl. The van der Waals surface area contributed by atoms with Gasteiger partial charge in [0.2, 0.25) is 0 Å². The number of hydrogen-bond donors (Lipinski definition) is 1. The Labute approximate surface area is 105 Å². The molecule has 0 aliphatic carbocycles. The number of hydrogen-bond acceptors (Lipinski definition) is 3. The third-order valence-electron chi connectivity index (χ3n) is 1.89. The van der Waals surface area contributed by atoms with Gasteiger partial charge in [0.05, 0.1) is 17.7 Å². The van der Waals surface area contributed by atoms with Crippen molar-refractivity contribution in [3.63, 3.8) is 0 Å². The highest BCUT2D eigenvalue weighted by molar-refractivity contribution is 6.33. The van der Waals surface area contributed by atoms with Gasteiger partial charge in [0.25, 0.3) is 0 Å². The molecule has 0 bridgehead atoms. The molecular weight excluding hydrogens is 275 g/mol. The molecule has 0 saturated carbocycles. The van der Waals surface area contributed by atoms with Crippen molar-refractivity contribution in [2.24, 2.45) is 0 Å². The standard InChI is InChI=1S/C10H7ClF3NO3/c1-18-8(16)6-4-5(2-3-7(6)11)15-9(17)10(12,13)14/h2-4H,1H3,(H,15,17). The maximum absolute atomic E-state index is 12.0. The number of benzene rings is 1. The first-order valence-corrected chi connectivity index (χ1v) is 4.89. The molecule has 1 N–H and O–H groups in total. The summed E-state index contributed by atoms with van der Waals surface area (Å²) in [7, 11) is 1.10. The quantitative estimate of drug-likeness (QED) is 0.848. The summed E-state index contributed by atoms with van der Waals surface area (Å²) in [5, 5.41) is 1.60. The Morgan fingerprint density at radius 3 is 2.44 bits per heavy atom. The van der Waals surface area contributed by atoms with Gasteiger partial charge in [-0.2, -0.15) is 13.2 Å². The molecule has 0 aliphatic heterocycles. The molecule has 18 heavy (non-hydrogen) atoms. The number of carbonyl (C=O) groups is 2. The third-order valence-corrected chi connectivity index (χ3v) is 2.22. The first kappa shape index (κ1) is 14.3.